The molecule has 0 fully saturated rings. The summed E-state index contributed by atoms with van der Waals surface area (Å²) in [5.41, 5.74) is 0.704. The zero-order chi connectivity index (χ0) is 27.3. The Kier molecular flexibility index (Phi) is 8.44. The average molecular weight is 500 g/mol. The number of nitrogens with zero attached hydrogens (tertiary/aromatic N) is 1. The van der Waals surface area contributed by atoms with E-state index in [9.17, 15) is 24.0 Å². The van der Waals surface area contributed by atoms with E-state index in [1.165, 1.54) is 0 Å². The molecule has 1 amide bonds. The van der Waals surface area contributed by atoms with Gasteiger partial charge in [-0.2, -0.15) is 5.26 Å². The minimum absolute atomic E-state index is 0.0606. The number of hydrogen-bond donors (Lipinski definition) is 2. The quantitative estimate of drug-likeness (QED) is 0.341. The van der Waals surface area contributed by atoms with Crippen molar-refractivity contribution in [1.82, 2.24) is 0 Å². The molecule has 0 spiro atoms. The third-order valence-electron chi connectivity index (χ3n) is 4.53. The van der Waals surface area contributed by atoms with Crippen molar-refractivity contribution in [2.45, 2.75) is 64.9 Å². The molecule has 0 aliphatic carbocycles. The van der Waals surface area contributed by atoms with Crippen LogP contribution in [-0.4, -0.2) is 29.2 Å². The van der Waals surface area contributed by atoms with Gasteiger partial charge in [0.15, 0.2) is 0 Å². The second kappa shape index (κ2) is 10.7. The van der Waals surface area contributed by atoms with Crippen molar-refractivity contribution < 1.29 is 33.0 Å². The lowest BCUT2D eigenvalue weighted by Crippen LogP contribution is -2.56. The summed E-state index contributed by atoms with van der Waals surface area (Å²) in [7, 11) is 0. The fraction of sp³-hybridized carbons (Fsp3) is 0.385. The maximum absolute atomic E-state index is 15.0. The van der Waals surface area contributed by atoms with Gasteiger partial charge in [0.25, 0.3) is 0 Å². The van der Waals surface area contributed by atoms with Crippen LogP contribution in [0.2, 0.25) is 0 Å². The van der Waals surface area contributed by atoms with E-state index in [-0.39, 0.29) is 12.3 Å². The molecule has 0 unspecified atom stereocenters. The van der Waals surface area contributed by atoms with E-state index in [1.54, 1.807) is 77.9 Å². The van der Waals surface area contributed by atoms with Crippen LogP contribution < -0.4 is 11.1 Å². The van der Waals surface area contributed by atoms with Crippen molar-refractivity contribution in [1.29, 1.82) is 5.26 Å². The van der Waals surface area contributed by atoms with Gasteiger partial charge < -0.3 is 19.9 Å². The van der Waals surface area contributed by atoms with Crippen LogP contribution in [0.25, 0.3) is 0 Å². The fourth-order valence-corrected chi connectivity index (χ4v) is 3.00. The molecule has 2 aromatic carbocycles. The van der Waals surface area contributed by atoms with E-state index < -0.39 is 51.7 Å². The second-order valence-electron chi connectivity index (χ2n) is 9.99. The summed E-state index contributed by atoms with van der Waals surface area (Å²) in [6, 6.07) is 12.3. The summed E-state index contributed by atoms with van der Waals surface area (Å²) in [6.07, 6.45) is -0.939. The van der Waals surface area contributed by atoms with Crippen LogP contribution in [0.4, 0.5) is 14.9 Å². The van der Waals surface area contributed by atoms with Crippen LogP contribution in [0.5, 0.6) is 0 Å². The van der Waals surface area contributed by atoms with E-state index in [2.05, 4.69) is 5.32 Å². The Morgan fingerprint density at radius 3 is 1.97 bits per heavy atom. The number of nitrogens with one attached hydrogen (secondary N) is 1. The first-order chi connectivity index (χ1) is 16.6. The molecule has 36 heavy (non-hydrogen) atoms. The number of nitriles is 1. The van der Waals surface area contributed by atoms with Crippen LogP contribution in [0, 0.1) is 17.1 Å². The normalized spacial score (nSPS) is 11.8. The molecule has 0 aliphatic rings. The van der Waals surface area contributed by atoms with Crippen molar-refractivity contribution in [2.75, 3.05) is 5.32 Å². The minimum Gasteiger partial charge on any atom is -0.458 e. The summed E-state index contributed by atoms with van der Waals surface area (Å²) in [4.78, 5) is 38.7. The van der Waals surface area contributed by atoms with Crippen LogP contribution in [-0.2, 0) is 35.9 Å². The average Bonchev–Trinajstić information content (AvgIpc) is 2.75. The van der Waals surface area contributed by atoms with Crippen molar-refractivity contribution >= 4 is 23.7 Å². The molecule has 0 atom stereocenters. The van der Waals surface area contributed by atoms with Gasteiger partial charge in [0.2, 0.25) is 5.54 Å². The van der Waals surface area contributed by atoms with Crippen molar-refractivity contribution in [3.05, 3.63) is 65.0 Å². The molecule has 2 rings (SSSR count). The highest BCUT2D eigenvalue weighted by molar-refractivity contribution is 6.06. The lowest BCUT2D eigenvalue weighted by atomic mass is 9.86. The molecule has 10 heteroatoms. The number of esters is 2. The maximum atomic E-state index is 15.0. The van der Waals surface area contributed by atoms with Gasteiger partial charge in [-0.15, -0.1) is 0 Å². The molecule has 0 saturated heterocycles. The fourth-order valence-electron chi connectivity index (χ4n) is 3.00. The van der Waals surface area contributed by atoms with Crippen molar-refractivity contribution in [3.8, 4) is 6.07 Å². The predicted molar refractivity (Wildman–Crippen MR) is 129 cm³/mol. The first-order valence-corrected chi connectivity index (χ1v) is 11.0. The first kappa shape index (κ1) is 28.3. The highest BCUT2D eigenvalue weighted by Crippen LogP contribution is 2.32. The topological polar surface area (TPSA) is 141 Å². The Morgan fingerprint density at radius 2 is 1.50 bits per heavy atom. The Morgan fingerprint density at radius 1 is 0.972 bits per heavy atom. The second-order valence-corrected chi connectivity index (χ2v) is 9.99. The Hall–Kier alpha value is -3.97. The largest absolute Gasteiger partial charge is 0.458 e. The number of ether oxygens (including phenoxy) is 3. The lowest BCUT2D eigenvalue weighted by molar-refractivity contribution is -0.177. The lowest BCUT2D eigenvalue weighted by Gasteiger charge is -2.33. The summed E-state index contributed by atoms with van der Waals surface area (Å²) in [5, 5.41) is 11.9. The summed E-state index contributed by atoms with van der Waals surface area (Å²) >= 11 is 0. The Labute approximate surface area is 209 Å². The zero-order valence-corrected chi connectivity index (χ0v) is 21.1. The smallest absolute Gasteiger partial charge is 0.411 e. The molecule has 0 radical (unpaired) electrons. The number of carbonyl (C=O) groups excluding carboxylic acids is 3. The number of rotatable bonds is 6. The predicted octanol–water partition coefficient (Wildman–Crippen LogP) is 4.28. The highest BCUT2D eigenvalue weighted by Gasteiger charge is 2.51. The van der Waals surface area contributed by atoms with Crippen LogP contribution in [0.3, 0.4) is 0 Å². The number of hydrogen-bond acceptors (Lipinski definition) is 8. The molecule has 0 heterocycles. The molecule has 9 nitrogen and oxygen atoms in total. The number of anilines is 1. The van der Waals surface area contributed by atoms with Gasteiger partial charge >= 0.3 is 18.0 Å². The van der Waals surface area contributed by atoms with Crippen molar-refractivity contribution in [2.24, 2.45) is 5.73 Å². The highest BCUT2D eigenvalue weighted by atomic mass is 19.1. The maximum Gasteiger partial charge on any atom is 0.411 e. The number of halogens is 1. The van der Waals surface area contributed by atoms with Crippen LogP contribution in [0.15, 0.2) is 42.5 Å². The molecule has 0 aromatic heterocycles. The van der Waals surface area contributed by atoms with Gasteiger partial charge in [0.1, 0.15) is 29.7 Å². The van der Waals surface area contributed by atoms with E-state index >= 15 is 0 Å². The van der Waals surface area contributed by atoms with Gasteiger partial charge in [-0.1, -0.05) is 30.3 Å². The number of carbonyl (C=O) groups is 3. The zero-order valence-electron chi connectivity index (χ0n) is 21.1. The van der Waals surface area contributed by atoms with Gasteiger partial charge in [0.05, 0.1) is 5.56 Å². The Bertz CT molecular complexity index is 1150. The monoisotopic (exact) mass is 499 g/mol. The standard InChI is InChI=1S/C26H30FN3O6/c1-24(2,3)35-21(31)26(29,22(32)36-25(4,5)6)19-12-17(13-20(27)18(19)14-28)30-23(33)34-15-16-10-8-7-9-11-16/h7-13H,15,29H2,1-6H3,(H,30,33). The molecule has 0 aliphatic heterocycles. The first-order valence-electron chi connectivity index (χ1n) is 11.0. The molecule has 192 valence electrons. The van der Waals surface area contributed by atoms with Gasteiger partial charge in [-0.3, -0.25) is 5.32 Å². The van der Waals surface area contributed by atoms with E-state index in [0.717, 1.165) is 17.7 Å². The van der Waals surface area contributed by atoms with Crippen molar-refractivity contribution in [3.63, 3.8) is 0 Å². The van der Waals surface area contributed by atoms with E-state index in [1.807, 2.05) is 0 Å². The third kappa shape index (κ3) is 7.26. The number of nitrogens with two attached hydrogens (primary N) is 1. The minimum atomic E-state index is -2.72. The molecule has 0 saturated carbocycles. The van der Waals surface area contributed by atoms with Gasteiger partial charge in [-0.25, -0.2) is 18.8 Å². The third-order valence-corrected chi connectivity index (χ3v) is 4.53. The van der Waals surface area contributed by atoms with Crippen LogP contribution >= 0.6 is 0 Å². The van der Waals surface area contributed by atoms with Gasteiger partial charge in [-0.05, 0) is 59.2 Å². The number of amides is 1. The SMILES string of the molecule is CC(C)(C)OC(=O)C(N)(C(=O)OC(C)(C)C)c1cc(NC(=O)OCc2ccccc2)cc(F)c1C#N. The Balaban J connectivity index is 2.51. The van der Waals surface area contributed by atoms with E-state index in [4.69, 9.17) is 19.9 Å². The summed E-state index contributed by atoms with van der Waals surface area (Å²) in [6.45, 7) is 9.23. The van der Waals surface area contributed by atoms with Crippen LogP contribution in [0.1, 0.15) is 58.2 Å². The van der Waals surface area contributed by atoms with Gasteiger partial charge in [0, 0.05) is 11.3 Å². The summed E-state index contributed by atoms with van der Waals surface area (Å²) in [5.74, 6) is -3.65. The van der Waals surface area contributed by atoms with E-state index in [0.29, 0.717) is 0 Å². The molecular formula is C26H30FN3O6. The molecule has 3 N–H and O–H groups in total. The molecule has 0 bridgehead atoms. The molecule has 2 aromatic rings. The molecular weight excluding hydrogens is 469 g/mol. The number of benzene rings is 2. The summed E-state index contributed by atoms with van der Waals surface area (Å²) < 4.78 is 30.8.